The van der Waals surface area contributed by atoms with Gasteiger partial charge in [0, 0.05) is 10.9 Å². The predicted molar refractivity (Wildman–Crippen MR) is 102 cm³/mol. The summed E-state index contributed by atoms with van der Waals surface area (Å²) < 4.78 is 4.39. The first-order valence-electron chi connectivity index (χ1n) is 7.62. The monoisotopic (exact) mass is 389 g/mol. The van der Waals surface area contributed by atoms with E-state index in [4.69, 9.17) is 0 Å². The molecular formula is C17H15N3O4S2. The number of thiophene rings is 1. The van der Waals surface area contributed by atoms with Gasteiger partial charge in [0.05, 0.1) is 17.7 Å². The molecule has 0 radical (unpaired) electrons. The number of aromatic amines is 1. The highest BCUT2D eigenvalue weighted by atomic mass is 32.2. The van der Waals surface area contributed by atoms with Crippen LogP contribution < -0.4 is 10.9 Å². The van der Waals surface area contributed by atoms with Crippen molar-refractivity contribution in [3.8, 4) is 11.1 Å². The Bertz CT molecular complexity index is 1010. The molecule has 0 unspecified atom stereocenters. The van der Waals surface area contributed by atoms with E-state index in [1.165, 1.54) is 18.4 Å². The standard InChI is InChI=1S/C17H15N3O4S2/c1-9(13(21)19-17(23)24-2)26-16-18-14(22)12-11(8-25-15(12)20-16)10-6-4-3-5-7-10/h3-9H,1-2H3,(H,18,20,22)(H,19,21,23)/t9-/m1/s1. The molecule has 3 aromatic rings. The average molecular weight is 389 g/mol. The number of aromatic nitrogens is 2. The summed E-state index contributed by atoms with van der Waals surface area (Å²) in [5.41, 5.74) is 1.50. The van der Waals surface area contributed by atoms with Crippen molar-refractivity contribution < 1.29 is 14.3 Å². The Morgan fingerprint density at radius 2 is 2.04 bits per heavy atom. The minimum Gasteiger partial charge on any atom is -0.453 e. The highest BCUT2D eigenvalue weighted by Crippen LogP contribution is 2.31. The number of thioether (sulfide) groups is 1. The molecule has 2 aromatic heterocycles. The lowest BCUT2D eigenvalue weighted by molar-refractivity contribution is -0.119. The molecule has 0 saturated heterocycles. The zero-order valence-corrected chi connectivity index (χ0v) is 15.6. The van der Waals surface area contributed by atoms with Crippen molar-refractivity contribution in [1.29, 1.82) is 0 Å². The zero-order chi connectivity index (χ0) is 18.7. The van der Waals surface area contributed by atoms with Gasteiger partial charge in [-0.25, -0.2) is 9.78 Å². The molecule has 2 amide bonds. The molecule has 26 heavy (non-hydrogen) atoms. The van der Waals surface area contributed by atoms with Gasteiger partial charge < -0.3 is 9.72 Å². The van der Waals surface area contributed by atoms with Gasteiger partial charge in [-0.3, -0.25) is 14.9 Å². The minimum atomic E-state index is -0.829. The smallest absolute Gasteiger partial charge is 0.413 e. The van der Waals surface area contributed by atoms with Gasteiger partial charge in [0.1, 0.15) is 4.83 Å². The third-order valence-corrected chi connectivity index (χ3v) is 5.43. The number of fused-ring (bicyclic) bond motifs is 1. The van der Waals surface area contributed by atoms with E-state index in [9.17, 15) is 14.4 Å². The number of carbonyl (C=O) groups is 2. The van der Waals surface area contributed by atoms with E-state index in [1.54, 1.807) is 6.92 Å². The maximum Gasteiger partial charge on any atom is 0.413 e. The Morgan fingerprint density at radius 1 is 1.31 bits per heavy atom. The molecule has 134 valence electrons. The Balaban J connectivity index is 1.87. The second-order valence-electron chi connectivity index (χ2n) is 5.31. The average Bonchev–Trinajstić information content (AvgIpc) is 3.06. The first-order chi connectivity index (χ1) is 12.5. The molecule has 1 aromatic carbocycles. The second-order valence-corrected chi connectivity index (χ2v) is 7.50. The fraction of sp³-hybridized carbons (Fsp3) is 0.176. The fourth-order valence-electron chi connectivity index (χ4n) is 2.29. The van der Waals surface area contributed by atoms with Gasteiger partial charge in [-0.1, -0.05) is 42.1 Å². The minimum absolute atomic E-state index is 0.266. The van der Waals surface area contributed by atoms with Gasteiger partial charge in [-0.2, -0.15) is 0 Å². The third kappa shape index (κ3) is 3.78. The van der Waals surface area contributed by atoms with Crippen molar-refractivity contribution in [2.45, 2.75) is 17.3 Å². The third-order valence-electron chi connectivity index (χ3n) is 3.58. The Labute approximate surface area is 156 Å². The topological polar surface area (TPSA) is 101 Å². The quantitative estimate of drug-likeness (QED) is 0.525. The van der Waals surface area contributed by atoms with Crippen LogP contribution >= 0.6 is 23.1 Å². The summed E-state index contributed by atoms with van der Waals surface area (Å²) in [6.45, 7) is 1.61. The molecule has 0 fully saturated rings. The molecular weight excluding hydrogens is 374 g/mol. The number of alkyl carbamates (subject to hydrolysis) is 1. The van der Waals surface area contributed by atoms with Crippen LogP contribution in [0.5, 0.6) is 0 Å². The van der Waals surface area contributed by atoms with E-state index in [2.05, 4.69) is 20.0 Å². The highest BCUT2D eigenvalue weighted by molar-refractivity contribution is 8.00. The van der Waals surface area contributed by atoms with Crippen LogP contribution in [0.2, 0.25) is 0 Å². The molecule has 0 aliphatic carbocycles. The van der Waals surface area contributed by atoms with Crippen LogP contribution in [0.25, 0.3) is 21.3 Å². The Kier molecular flexibility index (Phi) is 5.38. The number of benzene rings is 1. The van der Waals surface area contributed by atoms with Crippen molar-refractivity contribution in [1.82, 2.24) is 15.3 Å². The highest BCUT2D eigenvalue weighted by Gasteiger charge is 2.20. The number of hydrogen-bond acceptors (Lipinski definition) is 7. The maximum atomic E-state index is 12.6. The van der Waals surface area contributed by atoms with Gasteiger partial charge in [0.2, 0.25) is 5.91 Å². The maximum absolute atomic E-state index is 12.6. The summed E-state index contributed by atoms with van der Waals surface area (Å²) in [5, 5.41) is 4.19. The van der Waals surface area contributed by atoms with Crippen LogP contribution in [0, 0.1) is 0 Å². The number of rotatable bonds is 4. The van der Waals surface area contributed by atoms with Crippen molar-refractivity contribution in [3.05, 3.63) is 46.1 Å². The summed E-state index contributed by atoms with van der Waals surface area (Å²) in [6, 6.07) is 9.60. The number of amides is 2. The van der Waals surface area contributed by atoms with Crippen LogP contribution in [0.15, 0.2) is 45.7 Å². The number of imide groups is 1. The molecule has 0 saturated carbocycles. The van der Waals surface area contributed by atoms with Crippen molar-refractivity contribution in [3.63, 3.8) is 0 Å². The van der Waals surface area contributed by atoms with Crippen LogP contribution in [0.4, 0.5) is 4.79 Å². The number of nitrogens with one attached hydrogen (secondary N) is 2. The van der Waals surface area contributed by atoms with Gasteiger partial charge in [0.25, 0.3) is 5.56 Å². The molecule has 0 spiro atoms. The molecule has 2 heterocycles. The van der Waals surface area contributed by atoms with Crippen LogP contribution in [0.1, 0.15) is 6.92 Å². The number of ether oxygens (including phenoxy) is 1. The normalized spacial score (nSPS) is 11.9. The van der Waals surface area contributed by atoms with Crippen LogP contribution in [-0.2, 0) is 9.53 Å². The predicted octanol–water partition coefficient (Wildman–Crippen LogP) is 3.01. The molecule has 1 atom stereocenters. The number of carbonyl (C=O) groups excluding carboxylic acids is 2. The van der Waals surface area contributed by atoms with E-state index in [0.717, 1.165) is 22.9 Å². The van der Waals surface area contributed by atoms with E-state index in [0.29, 0.717) is 15.4 Å². The van der Waals surface area contributed by atoms with E-state index in [1.807, 2.05) is 35.7 Å². The Morgan fingerprint density at radius 3 is 2.73 bits per heavy atom. The number of nitrogens with zero attached hydrogens (tertiary/aromatic N) is 1. The largest absolute Gasteiger partial charge is 0.453 e. The lowest BCUT2D eigenvalue weighted by Gasteiger charge is -2.09. The molecule has 0 aliphatic heterocycles. The van der Waals surface area contributed by atoms with Crippen molar-refractivity contribution in [2.24, 2.45) is 0 Å². The molecule has 9 heteroatoms. The fourth-order valence-corrected chi connectivity index (χ4v) is 4.09. The van der Waals surface area contributed by atoms with Crippen LogP contribution in [-0.4, -0.2) is 34.3 Å². The van der Waals surface area contributed by atoms with Gasteiger partial charge >= 0.3 is 6.09 Å². The number of methoxy groups -OCH3 is 1. The van der Waals surface area contributed by atoms with Crippen LogP contribution in [0.3, 0.4) is 0 Å². The molecule has 3 rings (SSSR count). The zero-order valence-electron chi connectivity index (χ0n) is 13.9. The van der Waals surface area contributed by atoms with E-state index >= 15 is 0 Å². The van der Waals surface area contributed by atoms with E-state index in [-0.39, 0.29) is 5.56 Å². The molecule has 2 N–H and O–H groups in total. The lowest BCUT2D eigenvalue weighted by atomic mass is 10.1. The van der Waals surface area contributed by atoms with E-state index < -0.39 is 17.3 Å². The Hall–Kier alpha value is -2.65. The molecule has 0 bridgehead atoms. The number of hydrogen-bond donors (Lipinski definition) is 2. The van der Waals surface area contributed by atoms with Gasteiger partial charge in [-0.15, -0.1) is 11.3 Å². The van der Waals surface area contributed by atoms with Gasteiger partial charge in [0.15, 0.2) is 5.16 Å². The SMILES string of the molecule is COC(=O)NC(=O)[C@@H](C)Sc1nc2scc(-c3ccccc3)c2c(=O)[nH]1. The summed E-state index contributed by atoms with van der Waals surface area (Å²) in [4.78, 5) is 43.3. The second kappa shape index (κ2) is 7.71. The molecule has 0 aliphatic rings. The van der Waals surface area contributed by atoms with Gasteiger partial charge in [-0.05, 0) is 12.5 Å². The molecule has 7 nitrogen and oxygen atoms in total. The summed E-state index contributed by atoms with van der Waals surface area (Å²) >= 11 is 2.43. The summed E-state index contributed by atoms with van der Waals surface area (Å²) in [6.07, 6.45) is -0.829. The summed E-state index contributed by atoms with van der Waals surface area (Å²) in [7, 11) is 1.18. The first-order valence-corrected chi connectivity index (χ1v) is 9.38. The summed E-state index contributed by atoms with van der Waals surface area (Å²) in [5.74, 6) is -0.527. The van der Waals surface area contributed by atoms with Crippen molar-refractivity contribution in [2.75, 3.05) is 7.11 Å². The van der Waals surface area contributed by atoms with Crippen molar-refractivity contribution >= 4 is 45.3 Å². The number of H-pyrrole nitrogens is 1. The lowest BCUT2D eigenvalue weighted by Crippen LogP contribution is -2.36. The first kappa shape index (κ1) is 18.2.